The molecule has 0 amide bonds. The Labute approximate surface area is 97.9 Å². The number of aromatic nitrogens is 1. The number of para-hydroxylation sites is 1. The normalized spacial score (nSPS) is 14.2. The molecule has 16 heavy (non-hydrogen) atoms. The second-order valence-electron chi connectivity index (χ2n) is 5.96. The SMILES string of the molecule is CC(CC(C)(C)C)c1c[nH]c2ccccc12. The van der Waals surface area contributed by atoms with Gasteiger partial charge in [-0.05, 0) is 29.4 Å². The molecule has 1 unspecified atom stereocenters. The maximum absolute atomic E-state index is 3.35. The molecule has 0 bridgehead atoms. The van der Waals surface area contributed by atoms with Crippen molar-refractivity contribution in [2.75, 3.05) is 0 Å². The molecule has 0 saturated heterocycles. The number of hydrogen-bond acceptors (Lipinski definition) is 0. The minimum atomic E-state index is 0.387. The van der Waals surface area contributed by atoms with Crippen molar-refractivity contribution in [2.24, 2.45) is 5.41 Å². The van der Waals surface area contributed by atoms with Crippen LogP contribution in [0.15, 0.2) is 30.5 Å². The van der Waals surface area contributed by atoms with Crippen molar-refractivity contribution in [3.8, 4) is 0 Å². The molecule has 0 radical (unpaired) electrons. The van der Waals surface area contributed by atoms with Crippen LogP contribution in [-0.4, -0.2) is 4.98 Å². The van der Waals surface area contributed by atoms with Crippen LogP contribution in [0.5, 0.6) is 0 Å². The fourth-order valence-electron chi connectivity index (χ4n) is 2.53. The second-order valence-corrected chi connectivity index (χ2v) is 5.96. The first-order valence-electron chi connectivity index (χ1n) is 6.03. The second kappa shape index (κ2) is 3.97. The van der Waals surface area contributed by atoms with E-state index in [9.17, 15) is 0 Å². The summed E-state index contributed by atoms with van der Waals surface area (Å²) in [6.45, 7) is 9.23. The van der Waals surface area contributed by atoms with E-state index in [-0.39, 0.29) is 0 Å². The molecule has 1 heterocycles. The van der Waals surface area contributed by atoms with Gasteiger partial charge in [0.2, 0.25) is 0 Å². The number of nitrogens with one attached hydrogen (secondary N) is 1. The van der Waals surface area contributed by atoms with Gasteiger partial charge in [0.05, 0.1) is 0 Å². The molecule has 0 aliphatic rings. The summed E-state index contributed by atoms with van der Waals surface area (Å²) < 4.78 is 0. The quantitative estimate of drug-likeness (QED) is 0.747. The lowest BCUT2D eigenvalue weighted by Crippen LogP contribution is -2.09. The first kappa shape index (κ1) is 11.3. The van der Waals surface area contributed by atoms with Crippen LogP contribution in [0.3, 0.4) is 0 Å². The van der Waals surface area contributed by atoms with E-state index in [0.29, 0.717) is 11.3 Å². The predicted octanol–water partition coefficient (Wildman–Crippen LogP) is 4.71. The Morgan fingerprint density at radius 1 is 1.19 bits per heavy atom. The van der Waals surface area contributed by atoms with Crippen LogP contribution in [0, 0.1) is 5.41 Å². The molecule has 0 aliphatic carbocycles. The van der Waals surface area contributed by atoms with E-state index in [2.05, 4.69) is 63.1 Å². The minimum Gasteiger partial charge on any atom is -0.361 e. The van der Waals surface area contributed by atoms with Crippen LogP contribution < -0.4 is 0 Å². The van der Waals surface area contributed by atoms with Crippen molar-refractivity contribution >= 4 is 10.9 Å². The molecule has 86 valence electrons. The first-order chi connectivity index (χ1) is 7.47. The average Bonchev–Trinajstić information content (AvgIpc) is 2.58. The lowest BCUT2D eigenvalue weighted by molar-refractivity contribution is 0.349. The molecule has 1 aromatic carbocycles. The highest BCUT2D eigenvalue weighted by atomic mass is 14.7. The van der Waals surface area contributed by atoms with Crippen molar-refractivity contribution in [2.45, 2.75) is 40.0 Å². The van der Waals surface area contributed by atoms with Crippen LogP contribution >= 0.6 is 0 Å². The van der Waals surface area contributed by atoms with Crippen LogP contribution in [0.2, 0.25) is 0 Å². The Balaban J connectivity index is 2.33. The van der Waals surface area contributed by atoms with Crippen molar-refractivity contribution in [1.82, 2.24) is 4.98 Å². The molecular weight excluding hydrogens is 194 g/mol. The standard InChI is InChI=1S/C15H21N/c1-11(9-15(2,3)4)13-10-16-14-8-6-5-7-12(13)14/h5-8,10-11,16H,9H2,1-4H3. The minimum absolute atomic E-state index is 0.387. The average molecular weight is 215 g/mol. The van der Waals surface area contributed by atoms with E-state index in [1.807, 2.05) is 0 Å². The molecular formula is C15H21N. The number of fused-ring (bicyclic) bond motifs is 1. The molecule has 1 N–H and O–H groups in total. The van der Waals surface area contributed by atoms with Crippen molar-refractivity contribution in [3.63, 3.8) is 0 Å². The van der Waals surface area contributed by atoms with Crippen LogP contribution in [0.4, 0.5) is 0 Å². The Morgan fingerprint density at radius 3 is 2.56 bits per heavy atom. The third kappa shape index (κ3) is 2.29. The molecule has 1 heteroatoms. The Kier molecular flexibility index (Phi) is 2.79. The van der Waals surface area contributed by atoms with E-state index in [1.165, 1.54) is 22.9 Å². The zero-order chi connectivity index (χ0) is 11.8. The maximum atomic E-state index is 3.35. The Bertz CT molecular complexity index is 473. The molecule has 0 spiro atoms. The van der Waals surface area contributed by atoms with Gasteiger partial charge in [-0.3, -0.25) is 0 Å². The zero-order valence-electron chi connectivity index (χ0n) is 10.7. The van der Waals surface area contributed by atoms with Gasteiger partial charge in [-0.2, -0.15) is 0 Å². The molecule has 2 rings (SSSR count). The van der Waals surface area contributed by atoms with Crippen LogP contribution in [0.1, 0.15) is 45.6 Å². The van der Waals surface area contributed by atoms with Crippen molar-refractivity contribution in [3.05, 3.63) is 36.0 Å². The highest BCUT2D eigenvalue weighted by Crippen LogP contribution is 2.34. The first-order valence-corrected chi connectivity index (χ1v) is 6.03. The van der Waals surface area contributed by atoms with E-state index in [4.69, 9.17) is 0 Å². The lowest BCUT2D eigenvalue weighted by atomic mass is 9.82. The van der Waals surface area contributed by atoms with Crippen molar-refractivity contribution in [1.29, 1.82) is 0 Å². The summed E-state index contributed by atoms with van der Waals surface area (Å²) >= 11 is 0. The van der Waals surface area contributed by atoms with Gasteiger partial charge >= 0.3 is 0 Å². The third-order valence-electron chi connectivity index (χ3n) is 3.07. The topological polar surface area (TPSA) is 15.8 Å². The lowest BCUT2D eigenvalue weighted by Gasteiger charge is -2.23. The molecule has 0 aliphatic heterocycles. The molecule has 0 saturated carbocycles. The smallest absolute Gasteiger partial charge is 0.0456 e. The molecule has 2 aromatic rings. The number of hydrogen-bond donors (Lipinski definition) is 1. The molecule has 1 atom stereocenters. The fourth-order valence-corrected chi connectivity index (χ4v) is 2.53. The summed E-state index contributed by atoms with van der Waals surface area (Å²) in [5, 5.41) is 1.37. The van der Waals surface area contributed by atoms with E-state index >= 15 is 0 Å². The van der Waals surface area contributed by atoms with Gasteiger partial charge in [-0.1, -0.05) is 45.9 Å². The number of H-pyrrole nitrogens is 1. The molecule has 1 aromatic heterocycles. The number of benzene rings is 1. The van der Waals surface area contributed by atoms with Gasteiger partial charge < -0.3 is 4.98 Å². The Morgan fingerprint density at radius 2 is 1.88 bits per heavy atom. The largest absolute Gasteiger partial charge is 0.361 e. The van der Waals surface area contributed by atoms with E-state index in [0.717, 1.165) is 0 Å². The number of rotatable bonds is 2. The van der Waals surface area contributed by atoms with Crippen molar-refractivity contribution < 1.29 is 0 Å². The highest BCUT2D eigenvalue weighted by molar-refractivity contribution is 5.83. The summed E-state index contributed by atoms with van der Waals surface area (Å²) in [5.74, 6) is 0.608. The van der Waals surface area contributed by atoms with E-state index < -0.39 is 0 Å². The van der Waals surface area contributed by atoms with Gasteiger partial charge in [-0.25, -0.2) is 0 Å². The summed E-state index contributed by atoms with van der Waals surface area (Å²) in [6.07, 6.45) is 3.38. The van der Waals surface area contributed by atoms with E-state index in [1.54, 1.807) is 0 Å². The summed E-state index contributed by atoms with van der Waals surface area (Å²) in [4.78, 5) is 3.35. The fraction of sp³-hybridized carbons (Fsp3) is 0.467. The van der Waals surface area contributed by atoms with Gasteiger partial charge in [-0.15, -0.1) is 0 Å². The maximum Gasteiger partial charge on any atom is 0.0456 e. The third-order valence-corrected chi connectivity index (χ3v) is 3.07. The van der Waals surface area contributed by atoms with Gasteiger partial charge in [0, 0.05) is 17.1 Å². The summed E-state index contributed by atoms with van der Waals surface area (Å²) in [6, 6.07) is 8.55. The monoisotopic (exact) mass is 215 g/mol. The van der Waals surface area contributed by atoms with Crippen LogP contribution in [0.25, 0.3) is 10.9 Å². The summed E-state index contributed by atoms with van der Waals surface area (Å²) in [7, 11) is 0. The highest BCUT2D eigenvalue weighted by Gasteiger charge is 2.18. The molecule has 0 fully saturated rings. The van der Waals surface area contributed by atoms with Gasteiger partial charge in [0.1, 0.15) is 0 Å². The van der Waals surface area contributed by atoms with Gasteiger partial charge in [0.15, 0.2) is 0 Å². The predicted molar refractivity (Wildman–Crippen MR) is 70.8 cm³/mol. The number of aromatic amines is 1. The van der Waals surface area contributed by atoms with Gasteiger partial charge in [0.25, 0.3) is 0 Å². The molecule has 1 nitrogen and oxygen atoms in total. The zero-order valence-corrected chi connectivity index (χ0v) is 10.7. The Hall–Kier alpha value is -1.24. The van der Waals surface area contributed by atoms with Crippen LogP contribution in [-0.2, 0) is 0 Å². The summed E-state index contributed by atoms with van der Waals surface area (Å²) in [5.41, 5.74) is 3.08.